The molecule has 1 aromatic rings. The summed E-state index contributed by atoms with van der Waals surface area (Å²) in [5, 5.41) is 0. The number of halogens is 2. The van der Waals surface area contributed by atoms with Crippen molar-refractivity contribution in [3.8, 4) is 0 Å². The van der Waals surface area contributed by atoms with Crippen LogP contribution in [0.4, 0.5) is 8.78 Å². The zero-order valence-corrected chi connectivity index (χ0v) is 12.1. The van der Waals surface area contributed by atoms with Crippen LogP contribution in [-0.4, -0.2) is 36.6 Å². The molecule has 0 saturated carbocycles. The Kier molecular flexibility index (Phi) is 4.90. The van der Waals surface area contributed by atoms with E-state index in [1.165, 1.54) is 6.07 Å². The summed E-state index contributed by atoms with van der Waals surface area (Å²) in [5.74, 6) is -1.34. The molecule has 0 radical (unpaired) electrons. The maximum absolute atomic E-state index is 13.8. The molecule has 116 valence electrons. The minimum absolute atomic E-state index is 0.151. The van der Waals surface area contributed by atoms with Gasteiger partial charge in [-0.3, -0.25) is 9.69 Å². The Bertz CT molecular complexity index is 524. The predicted octanol–water partition coefficient (Wildman–Crippen LogP) is 1.82. The fraction of sp³-hybridized carbons (Fsp3) is 0.533. The SMILES string of the molecule is COCC1(CC(N)=O)CCCN1Cc1cc(F)ccc1F. The van der Waals surface area contributed by atoms with Gasteiger partial charge in [-0.15, -0.1) is 0 Å². The number of hydrogen-bond donors (Lipinski definition) is 1. The van der Waals surface area contributed by atoms with Crippen molar-refractivity contribution in [2.24, 2.45) is 5.73 Å². The van der Waals surface area contributed by atoms with Crippen molar-refractivity contribution >= 4 is 5.91 Å². The highest BCUT2D eigenvalue weighted by molar-refractivity contribution is 5.75. The number of ether oxygens (including phenoxy) is 1. The standard InChI is InChI=1S/C15H20F2N2O2/c1-21-10-15(8-14(18)20)5-2-6-19(15)9-11-7-12(16)3-4-13(11)17/h3-4,7H,2,5-6,8-10H2,1H3,(H2,18,20). The molecule has 1 aromatic carbocycles. The van der Waals surface area contributed by atoms with Gasteiger partial charge in [0.1, 0.15) is 11.6 Å². The second-order valence-corrected chi connectivity index (χ2v) is 5.56. The molecule has 1 amide bonds. The predicted molar refractivity (Wildman–Crippen MR) is 74.4 cm³/mol. The number of amides is 1. The lowest BCUT2D eigenvalue weighted by atomic mass is 9.92. The van der Waals surface area contributed by atoms with Crippen LogP contribution in [0.5, 0.6) is 0 Å². The van der Waals surface area contributed by atoms with Crippen LogP contribution in [0.15, 0.2) is 18.2 Å². The molecule has 1 unspecified atom stereocenters. The van der Waals surface area contributed by atoms with Crippen LogP contribution in [0.2, 0.25) is 0 Å². The molecule has 1 heterocycles. The molecule has 1 atom stereocenters. The van der Waals surface area contributed by atoms with Gasteiger partial charge < -0.3 is 10.5 Å². The van der Waals surface area contributed by atoms with E-state index in [4.69, 9.17) is 10.5 Å². The Morgan fingerprint density at radius 2 is 2.24 bits per heavy atom. The Labute approximate surface area is 122 Å². The van der Waals surface area contributed by atoms with Crippen LogP contribution >= 0.6 is 0 Å². The minimum Gasteiger partial charge on any atom is -0.383 e. The van der Waals surface area contributed by atoms with E-state index >= 15 is 0 Å². The highest BCUT2D eigenvalue weighted by Gasteiger charge is 2.42. The summed E-state index contributed by atoms with van der Waals surface area (Å²) in [5.41, 5.74) is 5.09. The van der Waals surface area contributed by atoms with E-state index in [0.29, 0.717) is 13.2 Å². The van der Waals surface area contributed by atoms with Gasteiger partial charge in [0.2, 0.25) is 5.91 Å². The number of likely N-dealkylation sites (tertiary alicyclic amines) is 1. The monoisotopic (exact) mass is 298 g/mol. The molecule has 1 aliphatic heterocycles. The fourth-order valence-electron chi connectivity index (χ4n) is 3.12. The van der Waals surface area contributed by atoms with Gasteiger partial charge in [0.15, 0.2) is 0 Å². The Balaban J connectivity index is 2.23. The second-order valence-electron chi connectivity index (χ2n) is 5.56. The molecule has 1 fully saturated rings. The first-order valence-electron chi connectivity index (χ1n) is 6.93. The third-order valence-electron chi connectivity index (χ3n) is 4.03. The summed E-state index contributed by atoms with van der Waals surface area (Å²) in [7, 11) is 1.56. The number of methoxy groups -OCH3 is 1. The highest BCUT2D eigenvalue weighted by atomic mass is 19.1. The van der Waals surface area contributed by atoms with Crippen LogP contribution in [0.3, 0.4) is 0 Å². The number of nitrogens with zero attached hydrogens (tertiary/aromatic N) is 1. The van der Waals surface area contributed by atoms with Crippen molar-refractivity contribution in [1.29, 1.82) is 0 Å². The quantitative estimate of drug-likeness (QED) is 0.871. The molecule has 6 heteroatoms. The lowest BCUT2D eigenvalue weighted by Gasteiger charge is -2.37. The van der Waals surface area contributed by atoms with Crippen molar-refractivity contribution < 1.29 is 18.3 Å². The van der Waals surface area contributed by atoms with E-state index in [-0.39, 0.29) is 18.5 Å². The normalized spacial score (nSPS) is 22.6. The van der Waals surface area contributed by atoms with Gasteiger partial charge >= 0.3 is 0 Å². The Hall–Kier alpha value is -1.53. The van der Waals surface area contributed by atoms with Crippen LogP contribution in [0, 0.1) is 11.6 Å². The lowest BCUT2D eigenvalue weighted by Crippen LogP contribution is -2.49. The Morgan fingerprint density at radius 3 is 2.90 bits per heavy atom. The highest BCUT2D eigenvalue weighted by Crippen LogP contribution is 2.34. The van der Waals surface area contributed by atoms with Gasteiger partial charge in [-0.05, 0) is 37.6 Å². The second kappa shape index (κ2) is 6.49. The summed E-state index contributed by atoms with van der Waals surface area (Å²) in [6, 6.07) is 3.40. The fourth-order valence-corrected chi connectivity index (χ4v) is 3.12. The van der Waals surface area contributed by atoms with Gasteiger partial charge in [-0.25, -0.2) is 8.78 Å². The summed E-state index contributed by atoms with van der Waals surface area (Å²) in [6.45, 7) is 1.28. The van der Waals surface area contributed by atoms with E-state index in [1.807, 2.05) is 4.90 Å². The average molecular weight is 298 g/mol. The molecule has 0 aliphatic carbocycles. The van der Waals surface area contributed by atoms with Crippen LogP contribution < -0.4 is 5.73 Å². The number of benzene rings is 1. The summed E-state index contributed by atoms with van der Waals surface area (Å²) in [4.78, 5) is 13.3. The number of rotatable bonds is 6. The van der Waals surface area contributed by atoms with E-state index < -0.39 is 23.1 Å². The van der Waals surface area contributed by atoms with Crippen molar-refractivity contribution in [3.05, 3.63) is 35.4 Å². The zero-order valence-electron chi connectivity index (χ0n) is 12.1. The first-order valence-corrected chi connectivity index (χ1v) is 6.93. The van der Waals surface area contributed by atoms with Crippen LogP contribution in [-0.2, 0) is 16.1 Å². The zero-order chi connectivity index (χ0) is 15.5. The van der Waals surface area contributed by atoms with Gasteiger partial charge in [0, 0.05) is 25.6 Å². The molecule has 1 aliphatic rings. The van der Waals surface area contributed by atoms with Crippen LogP contribution in [0.1, 0.15) is 24.8 Å². The van der Waals surface area contributed by atoms with Gasteiger partial charge in [-0.1, -0.05) is 0 Å². The summed E-state index contributed by atoms with van der Waals surface area (Å²) in [6.07, 6.45) is 1.77. The van der Waals surface area contributed by atoms with E-state index in [0.717, 1.165) is 25.0 Å². The van der Waals surface area contributed by atoms with Gasteiger partial charge in [0.25, 0.3) is 0 Å². The third-order valence-corrected chi connectivity index (χ3v) is 4.03. The van der Waals surface area contributed by atoms with E-state index in [2.05, 4.69) is 0 Å². The molecule has 0 bridgehead atoms. The van der Waals surface area contributed by atoms with Crippen LogP contribution in [0.25, 0.3) is 0 Å². The van der Waals surface area contributed by atoms with Gasteiger partial charge in [0.05, 0.1) is 12.1 Å². The molecular formula is C15H20F2N2O2. The minimum atomic E-state index is -0.528. The largest absolute Gasteiger partial charge is 0.383 e. The molecule has 21 heavy (non-hydrogen) atoms. The Morgan fingerprint density at radius 1 is 1.48 bits per heavy atom. The van der Waals surface area contributed by atoms with Crippen molar-refractivity contribution in [2.45, 2.75) is 31.3 Å². The van der Waals surface area contributed by atoms with Crippen molar-refractivity contribution in [1.82, 2.24) is 4.90 Å². The number of nitrogens with two attached hydrogens (primary N) is 1. The maximum Gasteiger partial charge on any atom is 0.219 e. The third kappa shape index (κ3) is 3.57. The first kappa shape index (κ1) is 15.9. The molecule has 4 nitrogen and oxygen atoms in total. The number of primary amides is 1. The number of carbonyl (C=O) groups is 1. The molecule has 2 N–H and O–H groups in total. The summed E-state index contributed by atoms with van der Waals surface area (Å²) >= 11 is 0. The average Bonchev–Trinajstić information content (AvgIpc) is 2.76. The van der Waals surface area contributed by atoms with Crippen molar-refractivity contribution in [2.75, 3.05) is 20.3 Å². The molecular weight excluding hydrogens is 278 g/mol. The number of hydrogen-bond acceptors (Lipinski definition) is 3. The lowest BCUT2D eigenvalue weighted by molar-refractivity contribution is -0.121. The van der Waals surface area contributed by atoms with Gasteiger partial charge in [-0.2, -0.15) is 0 Å². The number of carbonyl (C=O) groups excluding carboxylic acids is 1. The molecule has 2 rings (SSSR count). The molecule has 0 spiro atoms. The smallest absolute Gasteiger partial charge is 0.219 e. The van der Waals surface area contributed by atoms with E-state index in [1.54, 1.807) is 7.11 Å². The van der Waals surface area contributed by atoms with E-state index in [9.17, 15) is 13.6 Å². The molecule has 1 saturated heterocycles. The summed E-state index contributed by atoms with van der Waals surface area (Å²) < 4.78 is 32.3. The maximum atomic E-state index is 13.8. The first-order chi connectivity index (χ1) is 9.97. The topological polar surface area (TPSA) is 55.6 Å². The van der Waals surface area contributed by atoms with Crippen molar-refractivity contribution in [3.63, 3.8) is 0 Å². The molecule has 0 aromatic heterocycles.